The van der Waals surface area contributed by atoms with Gasteiger partial charge in [0.05, 0.1) is 4.88 Å². The van der Waals surface area contributed by atoms with Crippen molar-refractivity contribution in [2.24, 2.45) is 0 Å². The Morgan fingerprint density at radius 2 is 2.38 bits per heavy atom. The standard InChI is InChI=1S/C10H13N4OS/c1-7-12-13(8(2)14(7)11)6-9(15)10-4-3-5-16-10/h3-5H,6,11H2,1-2H3/q+1. The van der Waals surface area contributed by atoms with Crippen molar-refractivity contribution in [3.63, 3.8) is 0 Å². The van der Waals surface area contributed by atoms with Crippen LogP contribution in [0, 0.1) is 13.8 Å². The first-order valence-corrected chi connectivity index (χ1v) is 5.75. The molecule has 5 nitrogen and oxygen atoms in total. The second-order valence-corrected chi connectivity index (χ2v) is 4.47. The minimum atomic E-state index is 0.0567. The molecule has 2 heterocycles. The van der Waals surface area contributed by atoms with Gasteiger partial charge in [0, 0.05) is 18.9 Å². The molecule has 2 rings (SSSR count). The lowest BCUT2D eigenvalue weighted by molar-refractivity contribution is -0.652. The van der Waals surface area contributed by atoms with Crippen molar-refractivity contribution in [2.45, 2.75) is 20.4 Å². The Morgan fingerprint density at radius 3 is 2.88 bits per heavy atom. The van der Waals surface area contributed by atoms with Crippen LogP contribution in [0.4, 0.5) is 0 Å². The Bertz CT molecular complexity index is 515. The number of aromatic nitrogens is 3. The fourth-order valence-corrected chi connectivity index (χ4v) is 2.11. The van der Waals surface area contributed by atoms with E-state index in [0.29, 0.717) is 5.82 Å². The molecule has 0 spiro atoms. The molecule has 0 unspecified atom stereocenters. The number of hydrogen-bond acceptors (Lipinski definition) is 4. The molecule has 0 saturated carbocycles. The fourth-order valence-electron chi connectivity index (χ4n) is 1.45. The van der Waals surface area contributed by atoms with Crippen LogP contribution in [0.15, 0.2) is 17.5 Å². The summed E-state index contributed by atoms with van der Waals surface area (Å²) in [5.74, 6) is 7.24. The zero-order valence-corrected chi connectivity index (χ0v) is 9.99. The van der Waals surface area contributed by atoms with Crippen LogP contribution in [-0.4, -0.2) is 15.6 Å². The number of rotatable bonds is 3. The van der Waals surface area contributed by atoms with Crippen LogP contribution in [0.5, 0.6) is 0 Å². The lowest BCUT2D eigenvalue weighted by Gasteiger charge is -1.94. The maximum Gasteiger partial charge on any atom is 0.295 e. The van der Waals surface area contributed by atoms with E-state index in [1.54, 1.807) is 11.6 Å². The number of carbonyl (C=O) groups excluding carboxylic acids is 1. The molecule has 0 radical (unpaired) electrons. The number of nitrogens with two attached hydrogens (primary N) is 1. The number of ketones is 1. The zero-order valence-electron chi connectivity index (χ0n) is 9.17. The van der Waals surface area contributed by atoms with Crippen LogP contribution in [0.1, 0.15) is 21.3 Å². The van der Waals surface area contributed by atoms with Crippen molar-refractivity contribution >= 4 is 17.1 Å². The Labute approximate surface area is 97.1 Å². The molecule has 0 atom stereocenters. The third-order valence-electron chi connectivity index (χ3n) is 2.43. The first-order valence-electron chi connectivity index (χ1n) is 4.87. The number of nitrogen functional groups attached to an aromatic ring is 1. The maximum atomic E-state index is 11.8. The summed E-state index contributed by atoms with van der Waals surface area (Å²) < 4.78 is 3.10. The first kappa shape index (κ1) is 10.8. The second-order valence-electron chi connectivity index (χ2n) is 3.52. The summed E-state index contributed by atoms with van der Waals surface area (Å²) in [4.78, 5) is 12.6. The van der Waals surface area contributed by atoms with E-state index in [2.05, 4.69) is 5.10 Å². The van der Waals surface area contributed by atoms with Crippen LogP contribution in [0.2, 0.25) is 0 Å². The molecule has 0 amide bonds. The van der Waals surface area contributed by atoms with Crippen molar-refractivity contribution in [2.75, 3.05) is 5.84 Å². The van der Waals surface area contributed by atoms with Gasteiger partial charge >= 0.3 is 0 Å². The molecule has 16 heavy (non-hydrogen) atoms. The number of Topliss-reactive ketones (excluding diaryl/α,β-unsaturated/α-hetero) is 1. The predicted molar refractivity (Wildman–Crippen MR) is 60.7 cm³/mol. The van der Waals surface area contributed by atoms with Gasteiger partial charge in [0.25, 0.3) is 11.6 Å². The van der Waals surface area contributed by atoms with Gasteiger partial charge in [-0.1, -0.05) is 6.07 Å². The predicted octanol–water partition coefficient (Wildman–Crippen LogP) is 0.446. The minimum Gasteiger partial charge on any atom is -0.289 e. The Hall–Kier alpha value is -1.69. The van der Waals surface area contributed by atoms with Gasteiger partial charge in [0.1, 0.15) is 0 Å². The second kappa shape index (κ2) is 4.05. The molecular weight excluding hydrogens is 224 g/mol. The maximum absolute atomic E-state index is 11.8. The highest BCUT2D eigenvalue weighted by Crippen LogP contribution is 2.10. The normalized spacial score (nSPS) is 10.6. The van der Waals surface area contributed by atoms with Gasteiger partial charge in [-0.05, 0) is 11.4 Å². The van der Waals surface area contributed by atoms with Crippen LogP contribution < -0.4 is 10.5 Å². The van der Waals surface area contributed by atoms with Crippen molar-refractivity contribution in [3.05, 3.63) is 34.0 Å². The van der Waals surface area contributed by atoms with Gasteiger partial charge in [-0.15, -0.1) is 20.7 Å². The number of thiophene rings is 1. The van der Waals surface area contributed by atoms with Gasteiger partial charge in [0.2, 0.25) is 5.78 Å². The molecule has 0 aliphatic heterocycles. The van der Waals surface area contributed by atoms with E-state index >= 15 is 0 Å². The van der Waals surface area contributed by atoms with E-state index in [9.17, 15) is 4.79 Å². The summed E-state index contributed by atoms with van der Waals surface area (Å²) in [5.41, 5.74) is 0. The highest BCUT2D eigenvalue weighted by molar-refractivity contribution is 7.12. The Kier molecular flexibility index (Phi) is 2.74. The third kappa shape index (κ3) is 1.83. The monoisotopic (exact) mass is 237 g/mol. The van der Waals surface area contributed by atoms with Crippen LogP contribution in [0.3, 0.4) is 0 Å². The molecule has 0 aromatic carbocycles. The lowest BCUT2D eigenvalue weighted by atomic mass is 10.3. The smallest absolute Gasteiger partial charge is 0.289 e. The summed E-state index contributed by atoms with van der Waals surface area (Å²) in [5, 5.41) is 6.08. The highest BCUT2D eigenvalue weighted by Gasteiger charge is 2.20. The summed E-state index contributed by atoms with van der Waals surface area (Å²) in [6.07, 6.45) is 0. The molecule has 84 valence electrons. The molecule has 0 saturated heterocycles. The molecule has 0 aliphatic rings. The van der Waals surface area contributed by atoms with Gasteiger partial charge in [-0.25, -0.2) is 0 Å². The minimum absolute atomic E-state index is 0.0567. The van der Waals surface area contributed by atoms with E-state index < -0.39 is 0 Å². The number of nitrogens with zero attached hydrogens (tertiary/aromatic N) is 3. The molecular formula is C10H13N4OS+. The molecule has 2 aromatic heterocycles. The lowest BCUT2D eigenvalue weighted by Crippen LogP contribution is -2.48. The van der Waals surface area contributed by atoms with E-state index in [1.165, 1.54) is 16.0 Å². The van der Waals surface area contributed by atoms with E-state index in [0.717, 1.165) is 10.7 Å². The quantitative estimate of drug-likeness (QED) is 0.479. The molecule has 0 fully saturated rings. The topological polar surface area (TPSA) is 64.8 Å². The molecule has 0 aliphatic carbocycles. The van der Waals surface area contributed by atoms with E-state index in [1.807, 2.05) is 24.4 Å². The Balaban J connectivity index is 2.22. The number of hydrogen-bond donors (Lipinski definition) is 1. The van der Waals surface area contributed by atoms with Crippen LogP contribution >= 0.6 is 11.3 Å². The summed E-state index contributed by atoms with van der Waals surface area (Å²) in [6, 6.07) is 3.68. The average molecular weight is 237 g/mol. The van der Waals surface area contributed by atoms with Crippen LogP contribution in [-0.2, 0) is 6.54 Å². The van der Waals surface area contributed by atoms with E-state index in [4.69, 9.17) is 5.84 Å². The number of carbonyl (C=O) groups is 1. The van der Waals surface area contributed by atoms with Crippen LogP contribution in [0.25, 0.3) is 0 Å². The molecule has 2 aromatic rings. The van der Waals surface area contributed by atoms with Gasteiger partial charge in [-0.3, -0.25) is 10.6 Å². The Morgan fingerprint density at radius 1 is 1.62 bits per heavy atom. The van der Waals surface area contributed by atoms with Crippen molar-refractivity contribution in [1.82, 2.24) is 9.78 Å². The summed E-state index contributed by atoms with van der Waals surface area (Å²) >= 11 is 1.44. The first-order chi connectivity index (χ1) is 7.59. The summed E-state index contributed by atoms with van der Waals surface area (Å²) in [7, 11) is 0. The third-order valence-corrected chi connectivity index (χ3v) is 3.34. The largest absolute Gasteiger partial charge is 0.295 e. The average Bonchev–Trinajstić information content (AvgIpc) is 2.85. The summed E-state index contributed by atoms with van der Waals surface area (Å²) in [6.45, 7) is 3.87. The van der Waals surface area contributed by atoms with E-state index in [-0.39, 0.29) is 12.3 Å². The van der Waals surface area contributed by atoms with Crippen molar-refractivity contribution < 1.29 is 9.47 Å². The van der Waals surface area contributed by atoms with Gasteiger partial charge < -0.3 is 0 Å². The van der Waals surface area contributed by atoms with Crippen molar-refractivity contribution in [3.8, 4) is 0 Å². The molecule has 6 heteroatoms. The fraction of sp³-hybridized carbons (Fsp3) is 0.300. The molecule has 0 bridgehead atoms. The molecule has 2 N–H and O–H groups in total. The van der Waals surface area contributed by atoms with Crippen molar-refractivity contribution in [1.29, 1.82) is 0 Å². The number of aryl methyl sites for hydroxylation is 1. The zero-order chi connectivity index (χ0) is 11.7. The SMILES string of the molecule is Cc1nn(CC(=O)c2cccs2)c(C)[n+]1N. The van der Waals surface area contributed by atoms with Gasteiger partial charge in [-0.2, -0.15) is 0 Å². The van der Waals surface area contributed by atoms with Gasteiger partial charge in [0.15, 0.2) is 6.54 Å². The highest BCUT2D eigenvalue weighted by atomic mass is 32.1.